The third kappa shape index (κ3) is 5.21. The molecule has 0 bridgehead atoms. The molecule has 46 heavy (non-hydrogen) atoms. The summed E-state index contributed by atoms with van der Waals surface area (Å²) < 4.78 is 13.1. The number of benzene rings is 5. The minimum atomic E-state index is -0.0722. The third-order valence-electron chi connectivity index (χ3n) is 8.23. The van der Waals surface area contributed by atoms with Crippen molar-refractivity contribution in [3.05, 3.63) is 146 Å². The van der Waals surface area contributed by atoms with Gasteiger partial charge in [0.2, 0.25) is 0 Å². The van der Waals surface area contributed by atoms with Crippen LogP contribution in [0.15, 0.2) is 134 Å². The Hall–Kier alpha value is -4.99. The van der Waals surface area contributed by atoms with Gasteiger partial charge >= 0.3 is 0 Å². The van der Waals surface area contributed by atoms with Crippen LogP contribution in [0.2, 0.25) is 0 Å². The van der Waals surface area contributed by atoms with E-state index >= 15 is 0 Å². The first-order chi connectivity index (χ1) is 21.9. The van der Waals surface area contributed by atoms with Crippen LogP contribution in [0.25, 0.3) is 55.5 Å². The number of aromatic nitrogens is 4. The van der Waals surface area contributed by atoms with Gasteiger partial charge in [0, 0.05) is 62.1 Å². The van der Waals surface area contributed by atoms with E-state index in [0.29, 0.717) is 11.5 Å². The molecule has 5 aromatic carbocycles. The molecule has 8 rings (SSSR count). The maximum absolute atomic E-state index is 6.45. The first kappa shape index (κ1) is 29.7. The average molecular weight is 779 g/mol. The van der Waals surface area contributed by atoms with Crippen LogP contribution in [0.1, 0.15) is 20.8 Å². The smallest absolute Gasteiger partial charge is 0.188 e. The molecule has 0 radical (unpaired) electrons. The van der Waals surface area contributed by atoms with Crippen LogP contribution < -0.4 is 4.74 Å². The van der Waals surface area contributed by atoms with E-state index in [1.54, 1.807) is 0 Å². The zero-order valence-electron chi connectivity index (χ0n) is 25.7. The van der Waals surface area contributed by atoms with Crippen LogP contribution in [0.3, 0.4) is 0 Å². The molecule has 228 valence electrons. The summed E-state index contributed by atoms with van der Waals surface area (Å²) in [5, 5.41) is 2.23. The van der Waals surface area contributed by atoms with Crippen LogP contribution in [0.5, 0.6) is 11.5 Å². The van der Waals surface area contributed by atoms with Gasteiger partial charge < -0.3 is 9.30 Å². The Balaban J connectivity index is 0.00000338. The van der Waals surface area contributed by atoms with Crippen molar-refractivity contribution in [1.82, 2.24) is 18.7 Å². The van der Waals surface area contributed by atoms with Crippen molar-refractivity contribution in [3.63, 3.8) is 0 Å². The van der Waals surface area contributed by atoms with Crippen LogP contribution in [0, 0.1) is 12.1 Å². The van der Waals surface area contributed by atoms with Gasteiger partial charge in [-0.3, -0.25) is 0 Å². The van der Waals surface area contributed by atoms with E-state index in [1.165, 1.54) is 5.52 Å². The number of rotatable bonds is 5. The maximum Gasteiger partial charge on any atom is 0.188 e. The van der Waals surface area contributed by atoms with Gasteiger partial charge in [0.25, 0.3) is 0 Å². The van der Waals surface area contributed by atoms with Gasteiger partial charge in [0.05, 0.1) is 5.54 Å². The second-order valence-electron chi connectivity index (χ2n) is 12.2. The van der Waals surface area contributed by atoms with E-state index in [0.717, 1.165) is 50.0 Å². The number of para-hydroxylation sites is 3. The molecule has 0 atom stereocenters. The SMILES string of the molecule is CC(C)(C)n1[cH+]n(-c2[c-]c(Oc3[c-]c4c(cc3)c3ccccc3n4-c3cc(-c4ccccc4)ccn3)ccc2)c2ccccc21.[Pt]. The van der Waals surface area contributed by atoms with Crippen molar-refractivity contribution in [1.29, 1.82) is 0 Å². The fourth-order valence-electron chi connectivity index (χ4n) is 6.12. The molecule has 5 nitrogen and oxygen atoms in total. The predicted molar refractivity (Wildman–Crippen MR) is 182 cm³/mol. The third-order valence-corrected chi connectivity index (χ3v) is 8.23. The quantitative estimate of drug-likeness (QED) is 0.163. The van der Waals surface area contributed by atoms with Crippen molar-refractivity contribution in [2.75, 3.05) is 0 Å². The molecule has 0 aliphatic rings. The Labute approximate surface area is 282 Å². The van der Waals surface area contributed by atoms with E-state index in [-0.39, 0.29) is 26.6 Å². The van der Waals surface area contributed by atoms with Crippen LogP contribution in [0.4, 0.5) is 0 Å². The number of imidazole rings is 1. The second kappa shape index (κ2) is 11.7. The summed E-state index contributed by atoms with van der Waals surface area (Å²) >= 11 is 0. The summed E-state index contributed by atoms with van der Waals surface area (Å²) in [6.45, 7) is 6.64. The Kier molecular flexibility index (Phi) is 7.58. The van der Waals surface area contributed by atoms with Gasteiger partial charge in [-0.25, -0.2) is 14.1 Å². The molecule has 0 N–H and O–H groups in total. The van der Waals surface area contributed by atoms with E-state index in [4.69, 9.17) is 9.72 Å². The van der Waals surface area contributed by atoms with Crippen LogP contribution in [-0.4, -0.2) is 18.7 Å². The van der Waals surface area contributed by atoms with Crippen molar-refractivity contribution in [3.8, 4) is 34.1 Å². The molecule has 6 heteroatoms. The summed E-state index contributed by atoms with van der Waals surface area (Å²) in [4.78, 5) is 4.80. The zero-order valence-corrected chi connectivity index (χ0v) is 28.0. The minimum absolute atomic E-state index is 0. The van der Waals surface area contributed by atoms with Gasteiger partial charge in [-0.05, 0) is 67.6 Å². The average Bonchev–Trinajstić information content (AvgIpc) is 3.62. The number of hydrogen-bond donors (Lipinski definition) is 0. The molecule has 0 aliphatic carbocycles. The molecule has 3 heterocycles. The summed E-state index contributed by atoms with van der Waals surface area (Å²) in [6, 6.07) is 48.6. The zero-order chi connectivity index (χ0) is 30.5. The molecule has 0 fully saturated rings. The van der Waals surface area contributed by atoms with Gasteiger partial charge in [-0.1, -0.05) is 60.1 Å². The molecular weight excluding hydrogens is 748 g/mol. The summed E-state index contributed by atoms with van der Waals surface area (Å²) in [5.74, 6) is 2.06. The molecule has 0 aliphatic heterocycles. The Morgan fingerprint density at radius 1 is 0.652 bits per heavy atom. The summed E-state index contributed by atoms with van der Waals surface area (Å²) in [6.07, 6.45) is 4.01. The Morgan fingerprint density at radius 2 is 1.37 bits per heavy atom. The predicted octanol–water partition coefficient (Wildman–Crippen LogP) is 10.0. The number of nitrogens with zero attached hydrogens (tertiary/aromatic N) is 4. The first-order valence-electron chi connectivity index (χ1n) is 15.1. The molecule has 3 aromatic heterocycles. The fraction of sp³-hybridized carbons (Fsp3) is 0.100. The molecule has 0 saturated heterocycles. The van der Waals surface area contributed by atoms with Crippen LogP contribution >= 0.6 is 0 Å². The Bertz CT molecular complexity index is 2350. The fourth-order valence-corrected chi connectivity index (χ4v) is 6.12. The van der Waals surface area contributed by atoms with Crippen LogP contribution in [-0.2, 0) is 26.6 Å². The monoisotopic (exact) mass is 778 g/mol. The number of ether oxygens (including phenoxy) is 1. The van der Waals surface area contributed by atoms with E-state index in [9.17, 15) is 0 Å². The number of fused-ring (bicyclic) bond motifs is 4. The van der Waals surface area contributed by atoms with E-state index < -0.39 is 0 Å². The molecule has 0 saturated carbocycles. The normalized spacial score (nSPS) is 11.6. The van der Waals surface area contributed by atoms with Gasteiger partial charge in [0.1, 0.15) is 5.82 Å². The van der Waals surface area contributed by atoms with Crippen molar-refractivity contribution in [2.45, 2.75) is 26.3 Å². The topological polar surface area (TPSA) is 36.9 Å². The first-order valence-corrected chi connectivity index (χ1v) is 15.1. The molecule has 0 amide bonds. The van der Waals surface area contributed by atoms with E-state index in [1.807, 2.05) is 36.5 Å². The van der Waals surface area contributed by atoms with Gasteiger partial charge in [-0.15, -0.1) is 29.7 Å². The summed E-state index contributed by atoms with van der Waals surface area (Å²) in [7, 11) is 0. The number of hydrogen-bond acceptors (Lipinski definition) is 2. The maximum atomic E-state index is 6.45. The molecule has 8 aromatic rings. The van der Waals surface area contributed by atoms with Crippen molar-refractivity contribution >= 4 is 32.8 Å². The molecule has 0 spiro atoms. The number of pyridine rings is 1. The van der Waals surface area contributed by atoms with E-state index in [2.05, 4.69) is 144 Å². The van der Waals surface area contributed by atoms with Gasteiger partial charge in [-0.2, -0.15) is 12.1 Å². The molecule has 0 unspecified atom stereocenters. The standard InChI is InChI=1S/C40H31N4O.Pt/c1-40(2,3)43-27-42(36-18-9-10-19-37(36)43)30-14-11-15-31(25-30)45-32-20-21-34-33-16-7-8-17-35(33)44(38(34)26-32)39-24-29(22-23-41-39)28-12-5-4-6-13-28;/h4-24,27H,1-3H3;/q-1;. The largest absolute Gasteiger partial charge is 0.508 e. The minimum Gasteiger partial charge on any atom is -0.508 e. The molecular formula is C40H31N4OPt-. The Morgan fingerprint density at radius 3 is 2.17 bits per heavy atom. The second-order valence-corrected chi connectivity index (χ2v) is 12.2. The van der Waals surface area contributed by atoms with Crippen molar-refractivity contribution < 1.29 is 25.8 Å². The summed E-state index contributed by atoms with van der Waals surface area (Å²) in [5.41, 5.74) is 7.35. The van der Waals surface area contributed by atoms with Crippen molar-refractivity contribution in [2.24, 2.45) is 0 Å². The van der Waals surface area contributed by atoms with Gasteiger partial charge in [0.15, 0.2) is 17.4 Å².